The molecule has 0 fully saturated rings. The van der Waals surface area contributed by atoms with E-state index in [1.807, 2.05) is 6.92 Å². The molecule has 228 valence electrons. The molecule has 1 rings (SSSR count). The molecule has 0 saturated carbocycles. The lowest BCUT2D eigenvalue weighted by Crippen LogP contribution is -2.58. The smallest absolute Gasteiger partial charge is 0.326 e. The Morgan fingerprint density at radius 1 is 0.854 bits per heavy atom. The number of benzene rings is 1. The van der Waals surface area contributed by atoms with Crippen molar-refractivity contribution in [1.82, 2.24) is 21.3 Å². The molecule has 4 amide bonds. The van der Waals surface area contributed by atoms with Gasteiger partial charge in [-0.2, -0.15) is 0 Å². The number of hydrogen-bond acceptors (Lipinski definition) is 8. The number of unbranched alkanes of at least 4 members (excludes halogenated alkanes) is 1. The Labute approximate surface area is 239 Å². The van der Waals surface area contributed by atoms with Crippen LogP contribution < -0.4 is 32.7 Å². The van der Waals surface area contributed by atoms with Gasteiger partial charge in [0.2, 0.25) is 23.6 Å². The van der Waals surface area contributed by atoms with Crippen LogP contribution in [0.25, 0.3) is 0 Å². The Kier molecular flexibility index (Phi) is 15.6. The van der Waals surface area contributed by atoms with Crippen molar-refractivity contribution in [1.29, 1.82) is 0 Å². The van der Waals surface area contributed by atoms with Crippen LogP contribution in [0.4, 0.5) is 0 Å². The largest absolute Gasteiger partial charge is 0.481 e. The number of carbonyl (C=O) groups is 6. The van der Waals surface area contributed by atoms with Crippen LogP contribution in [0.3, 0.4) is 0 Å². The first-order chi connectivity index (χ1) is 19.4. The minimum absolute atomic E-state index is 0.0379. The minimum atomic E-state index is -1.59. The third kappa shape index (κ3) is 13.2. The van der Waals surface area contributed by atoms with Gasteiger partial charge in [-0.1, -0.05) is 50.6 Å². The summed E-state index contributed by atoms with van der Waals surface area (Å²) in [7, 11) is 0. The van der Waals surface area contributed by atoms with Crippen LogP contribution in [0, 0.1) is 5.92 Å². The van der Waals surface area contributed by atoms with Gasteiger partial charge in [-0.25, -0.2) is 4.79 Å². The Balaban J connectivity index is 2.96. The van der Waals surface area contributed by atoms with E-state index in [1.165, 1.54) is 0 Å². The number of amides is 4. The van der Waals surface area contributed by atoms with Gasteiger partial charge in [-0.05, 0) is 37.3 Å². The first-order valence-electron chi connectivity index (χ1n) is 13.5. The fourth-order valence-electron chi connectivity index (χ4n) is 3.78. The van der Waals surface area contributed by atoms with Crippen LogP contribution in [-0.4, -0.2) is 83.0 Å². The average molecular weight is 579 g/mol. The lowest BCUT2D eigenvalue weighted by atomic mass is 9.98. The maximum Gasteiger partial charge on any atom is 0.326 e. The molecule has 0 aliphatic rings. The van der Waals surface area contributed by atoms with Crippen LogP contribution in [0.1, 0.15) is 51.5 Å². The van der Waals surface area contributed by atoms with Crippen molar-refractivity contribution in [3.63, 3.8) is 0 Å². The van der Waals surface area contributed by atoms with Crippen molar-refractivity contribution in [2.45, 2.75) is 76.5 Å². The summed E-state index contributed by atoms with van der Waals surface area (Å²) in [4.78, 5) is 73.9. The highest BCUT2D eigenvalue weighted by atomic mass is 16.4. The lowest BCUT2D eigenvalue weighted by Gasteiger charge is -2.25. The van der Waals surface area contributed by atoms with E-state index in [9.17, 15) is 39.0 Å². The predicted molar refractivity (Wildman–Crippen MR) is 149 cm³/mol. The van der Waals surface area contributed by atoms with Crippen LogP contribution in [0.5, 0.6) is 0 Å². The van der Waals surface area contributed by atoms with Crippen LogP contribution in [-0.2, 0) is 35.2 Å². The summed E-state index contributed by atoms with van der Waals surface area (Å²) in [5.74, 6) is -6.02. The van der Waals surface area contributed by atoms with Crippen LogP contribution >= 0.6 is 0 Å². The highest BCUT2D eigenvalue weighted by Gasteiger charge is 2.31. The van der Waals surface area contributed by atoms with Gasteiger partial charge in [0.25, 0.3) is 0 Å². The number of carboxylic acids is 2. The molecule has 0 spiro atoms. The zero-order chi connectivity index (χ0) is 30.9. The number of rotatable bonds is 19. The maximum absolute atomic E-state index is 13.2. The molecule has 5 atom stereocenters. The monoisotopic (exact) mass is 578 g/mol. The number of aliphatic carboxylic acids is 2. The second-order valence-electron chi connectivity index (χ2n) is 9.78. The molecule has 0 saturated heterocycles. The van der Waals surface area contributed by atoms with Crippen molar-refractivity contribution >= 4 is 35.6 Å². The molecule has 0 radical (unpaired) electrons. The second-order valence-corrected chi connectivity index (χ2v) is 9.78. The third-order valence-corrected chi connectivity index (χ3v) is 6.49. The Bertz CT molecular complexity index is 1040. The maximum atomic E-state index is 13.2. The summed E-state index contributed by atoms with van der Waals surface area (Å²) in [5, 5.41) is 28.1. The van der Waals surface area contributed by atoms with E-state index in [1.54, 1.807) is 37.3 Å². The molecular weight excluding hydrogens is 536 g/mol. The lowest BCUT2D eigenvalue weighted by molar-refractivity contribution is -0.142. The van der Waals surface area contributed by atoms with E-state index in [-0.39, 0.29) is 18.8 Å². The molecule has 1 aromatic carbocycles. The third-order valence-electron chi connectivity index (χ3n) is 6.49. The molecule has 10 N–H and O–H groups in total. The zero-order valence-electron chi connectivity index (χ0n) is 23.4. The normalized spacial score (nSPS) is 14.4. The fourth-order valence-corrected chi connectivity index (χ4v) is 3.78. The molecule has 0 aliphatic carbocycles. The first-order valence-corrected chi connectivity index (χ1v) is 13.5. The summed E-state index contributed by atoms with van der Waals surface area (Å²) >= 11 is 0. The fraction of sp³-hybridized carbons (Fsp3) is 0.556. The van der Waals surface area contributed by atoms with Crippen molar-refractivity contribution in [3.05, 3.63) is 35.9 Å². The number of hydrogen-bond donors (Lipinski definition) is 8. The predicted octanol–water partition coefficient (Wildman–Crippen LogP) is -1.14. The van der Waals surface area contributed by atoms with Crippen molar-refractivity contribution in [2.24, 2.45) is 17.4 Å². The molecule has 0 bridgehead atoms. The molecule has 0 aromatic heterocycles. The quantitative estimate of drug-likeness (QED) is 0.0917. The highest BCUT2D eigenvalue weighted by Crippen LogP contribution is 2.09. The second kappa shape index (κ2) is 18.3. The van der Waals surface area contributed by atoms with Crippen molar-refractivity contribution < 1.29 is 39.0 Å². The summed E-state index contributed by atoms with van der Waals surface area (Å²) in [6, 6.07) is 3.88. The minimum Gasteiger partial charge on any atom is -0.481 e. The molecule has 14 nitrogen and oxygen atoms in total. The molecule has 0 aliphatic heterocycles. The topological polar surface area (TPSA) is 243 Å². The highest BCUT2D eigenvalue weighted by molar-refractivity contribution is 5.96. The van der Waals surface area contributed by atoms with E-state index in [0.29, 0.717) is 31.4 Å². The summed E-state index contributed by atoms with van der Waals surface area (Å²) in [5.41, 5.74) is 12.1. The standard InChI is InChI=1S/C27H42N6O8/c1-3-16(2)23(29)26(39)33-19(13-17-9-5-4-6-10-17)25(38)32-20(14-22(35)36)24(37)30-15-21(34)31-18(27(40)41)11-7-8-12-28/h4-6,9-10,16,18-20,23H,3,7-8,11-15,28-29H2,1-2H3,(H,30,37)(H,31,34)(H,32,38)(H,33,39)(H,35,36)(H,40,41)/t16-,18-,19-,20-,23-/m0/s1. The summed E-state index contributed by atoms with van der Waals surface area (Å²) in [6.45, 7) is 3.37. The summed E-state index contributed by atoms with van der Waals surface area (Å²) in [6.07, 6.45) is 1.03. The SMILES string of the molecule is CC[C@H](C)[C@H](N)C(=O)N[C@@H](Cc1ccccc1)C(=O)N[C@@H](CC(=O)O)C(=O)NCC(=O)N[C@@H](CCCCN)C(=O)O. The number of nitrogens with one attached hydrogen (secondary N) is 4. The molecule has 1 aromatic rings. The van der Waals surface area contributed by atoms with Gasteiger partial charge in [0.15, 0.2) is 0 Å². The molecular formula is C27H42N6O8. The zero-order valence-corrected chi connectivity index (χ0v) is 23.4. The van der Waals surface area contributed by atoms with Crippen LogP contribution in [0.2, 0.25) is 0 Å². The van der Waals surface area contributed by atoms with Gasteiger partial charge in [0.1, 0.15) is 18.1 Å². The molecule has 0 heterocycles. The van der Waals surface area contributed by atoms with Crippen molar-refractivity contribution in [2.75, 3.05) is 13.1 Å². The Morgan fingerprint density at radius 3 is 2.05 bits per heavy atom. The van der Waals surface area contributed by atoms with Gasteiger partial charge in [-0.15, -0.1) is 0 Å². The van der Waals surface area contributed by atoms with Gasteiger partial charge in [0, 0.05) is 6.42 Å². The van der Waals surface area contributed by atoms with Crippen LogP contribution in [0.15, 0.2) is 30.3 Å². The number of nitrogens with two attached hydrogens (primary N) is 2. The molecule has 0 unspecified atom stereocenters. The van der Waals surface area contributed by atoms with E-state index in [4.69, 9.17) is 11.5 Å². The molecule has 14 heteroatoms. The van der Waals surface area contributed by atoms with Gasteiger partial charge < -0.3 is 42.9 Å². The average Bonchev–Trinajstić information content (AvgIpc) is 2.93. The van der Waals surface area contributed by atoms with E-state index in [2.05, 4.69) is 21.3 Å². The van der Waals surface area contributed by atoms with Gasteiger partial charge >= 0.3 is 11.9 Å². The first kappa shape index (κ1) is 35.0. The summed E-state index contributed by atoms with van der Waals surface area (Å²) < 4.78 is 0. The van der Waals surface area contributed by atoms with E-state index in [0.717, 1.165) is 0 Å². The van der Waals surface area contributed by atoms with Gasteiger partial charge in [0.05, 0.1) is 19.0 Å². The number of carboxylic acid groups (broad SMARTS) is 2. The van der Waals surface area contributed by atoms with E-state index < -0.39 is 72.7 Å². The molecule has 41 heavy (non-hydrogen) atoms. The van der Waals surface area contributed by atoms with Gasteiger partial charge in [-0.3, -0.25) is 24.0 Å². The van der Waals surface area contributed by atoms with E-state index >= 15 is 0 Å². The van der Waals surface area contributed by atoms with Crippen molar-refractivity contribution in [3.8, 4) is 0 Å². The Hall–Kier alpha value is -4.04. The Morgan fingerprint density at radius 2 is 1.49 bits per heavy atom. The number of carbonyl (C=O) groups excluding carboxylic acids is 4.